The first kappa shape index (κ1) is 21.6. The van der Waals surface area contributed by atoms with Crippen molar-refractivity contribution in [1.29, 1.82) is 5.26 Å². The van der Waals surface area contributed by atoms with Crippen LogP contribution in [0.1, 0.15) is 31.7 Å². The molecule has 158 valence electrons. The highest BCUT2D eigenvalue weighted by atomic mass is 32.2. The lowest BCUT2D eigenvalue weighted by Gasteiger charge is -2.22. The first-order chi connectivity index (χ1) is 13.9. The molecular weight excluding hydrogens is 388 g/mol. The van der Waals surface area contributed by atoms with Crippen molar-refractivity contribution in [3.63, 3.8) is 0 Å². The molecule has 0 aliphatic carbocycles. The molecule has 2 aliphatic rings. The van der Waals surface area contributed by atoms with Gasteiger partial charge in [0.15, 0.2) is 9.84 Å². The number of nitriles is 1. The summed E-state index contributed by atoms with van der Waals surface area (Å²) in [6, 6.07) is 8.14. The van der Waals surface area contributed by atoms with E-state index in [9.17, 15) is 13.2 Å². The van der Waals surface area contributed by atoms with E-state index in [0.29, 0.717) is 23.8 Å². The lowest BCUT2D eigenvalue weighted by atomic mass is 10.0. The van der Waals surface area contributed by atoms with Gasteiger partial charge in [-0.05, 0) is 55.5 Å². The van der Waals surface area contributed by atoms with Crippen molar-refractivity contribution >= 4 is 15.9 Å². The SMILES string of the molecule is CCCCNC(=O)N1CC2CN(CCCS(=O)(=O)c3ccc(C#N)cc3)CC2C1. The van der Waals surface area contributed by atoms with Gasteiger partial charge in [0.1, 0.15) is 0 Å². The summed E-state index contributed by atoms with van der Waals surface area (Å²) in [6.45, 7) is 7.05. The second kappa shape index (κ2) is 9.59. The maximum atomic E-state index is 12.5. The Morgan fingerprint density at radius 1 is 1.14 bits per heavy atom. The van der Waals surface area contributed by atoms with Gasteiger partial charge in [0.25, 0.3) is 0 Å². The molecule has 3 rings (SSSR count). The van der Waals surface area contributed by atoms with Crippen LogP contribution >= 0.6 is 0 Å². The zero-order chi connectivity index (χ0) is 20.9. The fraction of sp³-hybridized carbons (Fsp3) is 0.619. The minimum absolute atomic E-state index is 0.0490. The Hall–Kier alpha value is -2.11. The summed E-state index contributed by atoms with van der Waals surface area (Å²) in [5.74, 6) is 1.08. The summed E-state index contributed by atoms with van der Waals surface area (Å²) in [5, 5.41) is 11.8. The van der Waals surface area contributed by atoms with E-state index in [2.05, 4.69) is 17.1 Å². The number of hydrogen-bond donors (Lipinski definition) is 1. The molecule has 2 saturated heterocycles. The molecule has 0 radical (unpaired) electrons. The summed E-state index contributed by atoms with van der Waals surface area (Å²) >= 11 is 0. The summed E-state index contributed by atoms with van der Waals surface area (Å²) in [4.78, 5) is 16.7. The molecule has 2 fully saturated rings. The van der Waals surface area contributed by atoms with Crippen molar-refractivity contribution in [2.24, 2.45) is 11.8 Å². The molecule has 1 N–H and O–H groups in total. The second-order valence-corrected chi connectivity index (χ2v) is 10.2. The standard InChI is InChI=1S/C21H30N4O3S/c1-2-3-9-23-21(26)25-15-18-13-24(14-19(18)16-25)10-4-11-29(27,28)20-7-5-17(12-22)6-8-20/h5-8,18-19H,2-4,9-11,13-16H2,1H3,(H,23,26). The average Bonchev–Trinajstić information content (AvgIpc) is 3.27. The fourth-order valence-electron chi connectivity index (χ4n) is 4.26. The highest BCUT2D eigenvalue weighted by molar-refractivity contribution is 7.91. The van der Waals surface area contributed by atoms with E-state index < -0.39 is 9.84 Å². The molecule has 1 aromatic carbocycles. The number of hydrogen-bond acceptors (Lipinski definition) is 5. The van der Waals surface area contributed by atoms with Crippen molar-refractivity contribution < 1.29 is 13.2 Å². The summed E-state index contributed by atoms with van der Waals surface area (Å²) in [6.07, 6.45) is 2.66. The van der Waals surface area contributed by atoms with Gasteiger partial charge in [0.2, 0.25) is 0 Å². The molecule has 2 heterocycles. The predicted octanol–water partition coefficient (Wildman–Crippen LogP) is 2.10. The number of benzene rings is 1. The normalized spacial score (nSPS) is 21.7. The lowest BCUT2D eigenvalue weighted by Crippen LogP contribution is -2.40. The van der Waals surface area contributed by atoms with E-state index in [4.69, 9.17) is 5.26 Å². The number of carbonyl (C=O) groups is 1. The van der Waals surface area contributed by atoms with E-state index in [1.165, 1.54) is 12.1 Å². The molecule has 2 amide bonds. The van der Waals surface area contributed by atoms with Crippen LogP contribution in [0.3, 0.4) is 0 Å². The van der Waals surface area contributed by atoms with E-state index >= 15 is 0 Å². The molecule has 0 aromatic heterocycles. The van der Waals surface area contributed by atoms with E-state index in [0.717, 1.165) is 52.1 Å². The van der Waals surface area contributed by atoms with Crippen LogP contribution in [0.2, 0.25) is 0 Å². The van der Waals surface area contributed by atoms with E-state index in [1.54, 1.807) is 12.1 Å². The zero-order valence-electron chi connectivity index (χ0n) is 17.0. The van der Waals surface area contributed by atoms with Crippen molar-refractivity contribution in [3.8, 4) is 6.07 Å². The molecule has 2 atom stereocenters. The fourth-order valence-corrected chi connectivity index (χ4v) is 5.55. The van der Waals surface area contributed by atoms with Gasteiger partial charge in [-0.3, -0.25) is 0 Å². The largest absolute Gasteiger partial charge is 0.338 e. The zero-order valence-corrected chi connectivity index (χ0v) is 17.8. The maximum absolute atomic E-state index is 12.5. The molecule has 0 saturated carbocycles. The molecule has 2 aliphatic heterocycles. The van der Waals surface area contributed by atoms with Crippen molar-refractivity contribution in [2.45, 2.75) is 31.1 Å². The first-order valence-corrected chi connectivity index (χ1v) is 12.1. The van der Waals surface area contributed by atoms with Crippen LogP contribution in [0.5, 0.6) is 0 Å². The smallest absolute Gasteiger partial charge is 0.317 e. The van der Waals surface area contributed by atoms with Gasteiger partial charge in [-0.15, -0.1) is 0 Å². The van der Waals surface area contributed by atoms with Crippen LogP contribution in [0.15, 0.2) is 29.2 Å². The van der Waals surface area contributed by atoms with Crippen molar-refractivity contribution in [3.05, 3.63) is 29.8 Å². The third-order valence-electron chi connectivity index (χ3n) is 5.89. The number of sulfone groups is 1. The first-order valence-electron chi connectivity index (χ1n) is 10.4. The molecule has 2 unspecified atom stereocenters. The Labute approximate surface area is 173 Å². The van der Waals surface area contributed by atoms with Crippen LogP contribution in [0.4, 0.5) is 4.79 Å². The quantitative estimate of drug-likeness (QED) is 0.653. The minimum Gasteiger partial charge on any atom is -0.338 e. The van der Waals surface area contributed by atoms with Crippen LogP contribution in [-0.4, -0.2) is 69.3 Å². The topological polar surface area (TPSA) is 93.5 Å². The van der Waals surface area contributed by atoms with Crippen LogP contribution in [-0.2, 0) is 9.84 Å². The number of urea groups is 1. The second-order valence-electron chi connectivity index (χ2n) is 8.08. The number of nitrogens with one attached hydrogen (secondary N) is 1. The number of unbranched alkanes of at least 4 members (excludes halogenated alkanes) is 1. The van der Waals surface area contributed by atoms with Gasteiger partial charge >= 0.3 is 6.03 Å². The highest BCUT2D eigenvalue weighted by Crippen LogP contribution is 2.31. The number of carbonyl (C=O) groups excluding carboxylic acids is 1. The third-order valence-corrected chi connectivity index (χ3v) is 7.70. The van der Waals surface area contributed by atoms with Gasteiger partial charge in [-0.1, -0.05) is 13.3 Å². The Morgan fingerprint density at radius 3 is 2.38 bits per heavy atom. The number of rotatable bonds is 8. The van der Waals surface area contributed by atoms with Gasteiger partial charge in [-0.25, -0.2) is 13.2 Å². The van der Waals surface area contributed by atoms with Crippen LogP contribution in [0, 0.1) is 23.2 Å². The lowest BCUT2D eigenvalue weighted by molar-refractivity contribution is 0.199. The molecule has 8 heteroatoms. The third kappa shape index (κ3) is 5.49. The maximum Gasteiger partial charge on any atom is 0.317 e. The molecule has 7 nitrogen and oxygen atoms in total. The predicted molar refractivity (Wildman–Crippen MR) is 111 cm³/mol. The number of amides is 2. The minimum atomic E-state index is -3.32. The Bertz CT molecular complexity index is 834. The van der Waals surface area contributed by atoms with Gasteiger partial charge in [0, 0.05) is 32.7 Å². The van der Waals surface area contributed by atoms with E-state index in [1.807, 2.05) is 11.0 Å². The Kier molecular flexibility index (Phi) is 7.14. The summed E-state index contributed by atoms with van der Waals surface area (Å²) in [5.41, 5.74) is 0.459. The van der Waals surface area contributed by atoms with Crippen LogP contribution < -0.4 is 5.32 Å². The Morgan fingerprint density at radius 2 is 1.79 bits per heavy atom. The molecule has 0 bridgehead atoms. The van der Waals surface area contributed by atoms with Gasteiger partial charge in [-0.2, -0.15) is 5.26 Å². The Balaban J connectivity index is 1.40. The van der Waals surface area contributed by atoms with Gasteiger partial charge in [0.05, 0.1) is 22.3 Å². The molecular formula is C21H30N4O3S. The van der Waals surface area contributed by atoms with Crippen molar-refractivity contribution in [2.75, 3.05) is 45.0 Å². The van der Waals surface area contributed by atoms with E-state index in [-0.39, 0.29) is 16.7 Å². The molecule has 0 spiro atoms. The molecule has 29 heavy (non-hydrogen) atoms. The highest BCUT2D eigenvalue weighted by Gasteiger charge is 2.41. The average molecular weight is 419 g/mol. The summed E-state index contributed by atoms with van der Waals surface area (Å²) in [7, 11) is -3.32. The number of nitrogens with zero attached hydrogens (tertiary/aromatic N) is 3. The number of fused-ring (bicyclic) bond motifs is 1. The monoisotopic (exact) mass is 418 g/mol. The number of likely N-dealkylation sites (tertiary alicyclic amines) is 2. The molecule has 1 aromatic rings. The van der Waals surface area contributed by atoms with Gasteiger partial charge < -0.3 is 15.1 Å². The van der Waals surface area contributed by atoms with Crippen LogP contribution in [0.25, 0.3) is 0 Å². The summed E-state index contributed by atoms with van der Waals surface area (Å²) < 4.78 is 25.0. The van der Waals surface area contributed by atoms with Crippen molar-refractivity contribution in [1.82, 2.24) is 15.1 Å².